The number of aromatic nitrogens is 2. The molecule has 0 N–H and O–H groups in total. The van der Waals surface area contributed by atoms with E-state index in [2.05, 4.69) is 73.7 Å². The second-order valence-corrected chi connectivity index (χ2v) is 8.05. The number of halogens is 4. The largest absolute Gasteiger partial charge is 0.256 e. The standard InChI is InChI=1S/C6H4Br4N2/c7-5(8)3-4(6(9)10)12-2-1-11-3/h1-2,5-6H. The van der Waals surface area contributed by atoms with Gasteiger partial charge >= 0.3 is 0 Å². The van der Waals surface area contributed by atoms with Gasteiger partial charge < -0.3 is 0 Å². The lowest BCUT2D eigenvalue weighted by Gasteiger charge is -2.07. The third kappa shape index (κ3) is 2.75. The Morgan fingerprint density at radius 3 is 1.42 bits per heavy atom. The van der Waals surface area contributed by atoms with Gasteiger partial charge in [0.15, 0.2) is 0 Å². The molecule has 0 aromatic carbocycles. The van der Waals surface area contributed by atoms with Crippen LogP contribution in [0.4, 0.5) is 0 Å². The molecule has 0 saturated carbocycles. The van der Waals surface area contributed by atoms with Crippen LogP contribution in [-0.4, -0.2) is 9.97 Å². The first-order valence-electron chi connectivity index (χ1n) is 3.00. The van der Waals surface area contributed by atoms with Gasteiger partial charge in [0.1, 0.15) is 7.47 Å². The zero-order valence-electron chi connectivity index (χ0n) is 5.72. The van der Waals surface area contributed by atoms with Crippen LogP contribution in [0.1, 0.15) is 18.9 Å². The van der Waals surface area contributed by atoms with Gasteiger partial charge in [-0.25, -0.2) is 0 Å². The maximum atomic E-state index is 4.18. The third-order valence-electron chi connectivity index (χ3n) is 1.17. The monoisotopic (exact) mass is 420 g/mol. The zero-order valence-corrected chi connectivity index (χ0v) is 12.1. The zero-order chi connectivity index (χ0) is 9.14. The number of hydrogen-bond acceptors (Lipinski definition) is 2. The van der Waals surface area contributed by atoms with Gasteiger partial charge in [-0.3, -0.25) is 9.97 Å². The van der Waals surface area contributed by atoms with E-state index in [1.165, 1.54) is 0 Å². The number of rotatable bonds is 2. The molecule has 0 radical (unpaired) electrons. The van der Waals surface area contributed by atoms with E-state index in [4.69, 9.17) is 0 Å². The van der Waals surface area contributed by atoms with Gasteiger partial charge in [0, 0.05) is 12.4 Å². The molecule has 1 aromatic rings. The van der Waals surface area contributed by atoms with Gasteiger partial charge in [0.25, 0.3) is 0 Å². The molecule has 1 heterocycles. The molecular formula is C6H4Br4N2. The molecule has 12 heavy (non-hydrogen) atoms. The summed E-state index contributed by atoms with van der Waals surface area (Å²) in [6.07, 6.45) is 3.33. The van der Waals surface area contributed by atoms with Crippen molar-refractivity contribution in [2.45, 2.75) is 7.47 Å². The molecule has 0 aliphatic rings. The molecule has 0 amide bonds. The van der Waals surface area contributed by atoms with Gasteiger partial charge in [-0.05, 0) is 0 Å². The lowest BCUT2D eigenvalue weighted by atomic mass is 10.4. The van der Waals surface area contributed by atoms with Crippen LogP contribution in [0.15, 0.2) is 12.4 Å². The van der Waals surface area contributed by atoms with Gasteiger partial charge in [0.05, 0.1) is 11.4 Å². The normalized spacial score (nSPS) is 11.2. The molecule has 2 nitrogen and oxygen atoms in total. The SMILES string of the molecule is BrC(Br)c1nccnc1C(Br)Br. The van der Waals surface area contributed by atoms with Crippen molar-refractivity contribution in [2.75, 3.05) is 0 Å². The Bertz CT molecular complexity index is 236. The fraction of sp³-hybridized carbons (Fsp3) is 0.333. The van der Waals surface area contributed by atoms with E-state index < -0.39 is 0 Å². The lowest BCUT2D eigenvalue weighted by Crippen LogP contribution is -1.98. The highest BCUT2D eigenvalue weighted by Crippen LogP contribution is 2.36. The van der Waals surface area contributed by atoms with Crippen LogP contribution in [0, 0.1) is 0 Å². The number of alkyl halides is 4. The molecular weight excluding hydrogens is 420 g/mol. The highest BCUT2D eigenvalue weighted by Gasteiger charge is 2.15. The van der Waals surface area contributed by atoms with Crippen molar-refractivity contribution in [2.24, 2.45) is 0 Å². The van der Waals surface area contributed by atoms with Crippen LogP contribution in [0.25, 0.3) is 0 Å². The lowest BCUT2D eigenvalue weighted by molar-refractivity contribution is 1.02. The fourth-order valence-electron chi connectivity index (χ4n) is 0.696. The number of nitrogens with zero attached hydrogens (tertiary/aromatic N) is 2. The first-order chi connectivity index (χ1) is 5.63. The Balaban J connectivity index is 3.09. The predicted octanol–water partition coefficient (Wildman–Crippen LogP) is 4.05. The average molecular weight is 424 g/mol. The summed E-state index contributed by atoms with van der Waals surface area (Å²) in [4.78, 5) is 8.37. The molecule has 0 atom stereocenters. The topological polar surface area (TPSA) is 25.8 Å². The van der Waals surface area contributed by atoms with Crippen LogP contribution in [0.3, 0.4) is 0 Å². The van der Waals surface area contributed by atoms with E-state index in [1.807, 2.05) is 0 Å². The quantitative estimate of drug-likeness (QED) is 0.671. The molecule has 66 valence electrons. The molecule has 0 spiro atoms. The van der Waals surface area contributed by atoms with Gasteiger partial charge in [0.2, 0.25) is 0 Å². The van der Waals surface area contributed by atoms with Crippen molar-refractivity contribution >= 4 is 63.7 Å². The van der Waals surface area contributed by atoms with Crippen LogP contribution >= 0.6 is 63.7 Å². The van der Waals surface area contributed by atoms with E-state index in [1.54, 1.807) is 12.4 Å². The first kappa shape index (κ1) is 11.1. The van der Waals surface area contributed by atoms with Crippen molar-refractivity contribution in [1.29, 1.82) is 0 Å². The number of hydrogen-bond donors (Lipinski definition) is 0. The third-order valence-corrected chi connectivity index (χ3v) is 2.90. The summed E-state index contributed by atoms with van der Waals surface area (Å²) in [6.45, 7) is 0. The fourth-order valence-corrected chi connectivity index (χ4v) is 2.11. The molecule has 0 saturated heterocycles. The Kier molecular flexibility index (Phi) is 4.64. The Labute approximate surface area is 104 Å². The van der Waals surface area contributed by atoms with Crippen molar-refractivity contribution < 1.29 is 0 Å². The summed E-state index contributed by atoms with van der Waals surface area (Å²) < 4.78 is 0.0672. The molecule has 1 rings (SSSR count). The first-order valence-corrected chi connectivity index (χ1v) is 6.66. The van der Waals surface area contributed by atoms with E-state index in [9.17, 15) is 0 Å². The predicted molar refractivity (Wildman–Crippen MR) is 63.2 cm³/mol. The van der Waals surface area contributed by atoms with E-state index >= 15 is 0 Å². The van der Waals surface area contributed by atoms with Gasteiger partial charge in [-0.1, -0.05) is 63.7 Å². The van der Waals surface area contributed by atoms with Gasteiger partial charge in [-0.2, -0.15) is 0 Å². The summed E-state index contributed by atoms with van der Waals surface area (Å²) in [5, 5.41) is 0. The molecule has 1 aromatic heterocycles. The molecule has 6 heteroatoms. The summed E-state index contributed by atoms with van der Waals surface area (Å²) in [5.74, 6) is 0. The molecule has 0 aliphatic carbocycles. The van der Waals surface area contributed by atoms with E-state index in [-0.39, 0.29) is 7.47 Å². The minimum atomic E-state index is 0.0336. The highest BCUT2D eigenvalue weighted by molar-refractivity contribution is 9.24. The van der Waals surface area contributed by atoms with Gasteiger partial charge in [-0.15, -0.1) is 0 Å². The van der Waals surface area contributed by atoms with E-state index in [0.29, 0.717) is 0 Å². The Morgan fingerprint density at radius 1 is 0.833 bits per heavy atom. The Hall–Kier alpha value is 1.000. The second-order valence-electron chi connectivity index (χ2n) is 1.93. The van der Waals surface area contributed by atoms with Crippen LogP contribution in [0.5, 0.6) is 0 Å². The molecule has 0 unspecified atom stereocenters. The Morgan fingerprint density at radius 2 is 1.17 bits per heavy atom. The van der Waals surface area contributed by atoms with Crippen LogP contribution in [0.2, 0.25) is 0 Å². The highest BCUT2D eigenvalue weighted by atomic mass is 79.9. The summed E-state index contributed by atoms with van der Waals surface area (Å²) in [6, 6.07) is 0. The summed E-state index contributed by atoms with van der Waals surface area (Å²) in [7, 11) is 0. The minimum Gasteiger partial charge on any atom is -0.256 e. The van der Waals surface area contributed by atoms with E-state index in [0.717, 1.165) is 11.4 Å². The average Bonchev–Trinajstić information content (AvgIpc) is 2.04. The van der Waals surface area contributed by atoms with Crippen LogP contribution < -0.4 is 0 Å². The van der Waals surface area contributed by atoms with Crippen molar-refractivity contribution in [3.05, 3.63) is 23.8 Å². The molecule has 0 fully saturated rings. The maximum absolute atomic E-state index is 4.18. The second kappa shape index (κ2) is 5.02. The van der Waals surface area contributed by atoms with Crippen molar-refractivity contribution in [3.8, 4) is 0 Å². The smallest absolute Gasteiger partial charge is 0.114 e. The maximum Gasteiger partial charge on any atom is 0.114 e. The summed E-state index contributed by atoms with van der Waals surface area (Å²) >= 11 is 13.5. The molecule has 0 bridgehead atoms. The van der Waals surface area contributed by atoms with Crippen molar-refractivity contribution in [3.63, 3.8) is 0 Å². The molecule has 0 aliphatic heterocycles. The summed E-state index contributed by atoms with van der Waals surface area (Å²) in [5.41, 5.74) is 1.74. The minimum absolute atomic E-state index is 0.0336. The van der Waals surface area contributed by atoms with Crippen molar-refractivity contribution in [1.82, 2.24) is 9.97 Å². The van der Waals surface area contributed by atoms with Crippen LogP contribution in [-0.2, 0) is 0 Å².